The number of hydrogen-bond acceptors (Lipinski definition) is 2. The normalized spacial score (nSPS) is 11.3. The molecule has 0 saturated carbocycles. The summed E-state index contributed by atoms with van der Waals surface area (Å²) in [7, 11) is 0. The van der Waals surface area contributed by atoms with Gasteiger partial charge < -0.3 is 10.2 Å². The van der Waals surface area contributed by atoms with E-state index in [0.29, 0.717) is 0 Å². The molecule has 0 aliphatic rings. The first-order chi connectivity index (χ1) is 15.1. The Labute approximate surface area is 187 Å². The fourth-order valence-corrected chi connectivity index (χ4v) is 4.15. The van der Waals surface area contributed by atoms with E-state index in [1.807, 2.05) is 0 Å². The molecule has 31 heavy (non-hydrogen) atoms. The van der Waals surface area contributed by atoms with Crippen LogP contribution in [-0.4, -0.2) is 23.4 Å². The Morgan fingerprint density at radius 2 is 1.42 bits per heavy atom. The molecule has 0 fully saturated rings. The molecule has 0 spiro atoms. The lowest BCUT2D eigenvalue weighted by Crippen LogP contribution is -2.11. The second-order valence-electron chi connectivity index (χ2n) is 8.65. The van der Waals surface area contributed by atoms with Crippen molar-refractivity contribution < 1.29 is 10.2 Å². The highest BCUT2D eigenvalue weighted by atomic mass is 16.3. The first-order valence-electron chi connectivity index (χ1n) is 11.6. The van der Waals surface area contributed by atoms with E-state index in [0.717, 1.165) is 38.5 Å². The van der Waals surface area contributed by atoms with Gasteiger partial charge in [0.05, 0.1) is 0 Å². The Balaban J connectivity index is 1.68. The van der Waals surface area contributed by atoms with Gasteiger partial charge in [-0.3, -0.25) is 0 Å². The van der Waals surface area contributed by atoms with E-state index in [2.05, 4.69) is 80.6 Å². The highest BCUT2D eigenvalue weighted by Crippen LogP contribution is 2.27. The summed E-state index contributed by atoms with van der Waals surface area (Å²) in [5, 5.41) is 18.5. The van der Waals surface area contributed by atoms with Gasteiger partial charge in [0.25, 0.3) is 0 Å². The van der Waals surface area contributed by atoms with E-state index in [4.69, 9.17) is 0 Å². The predicted octanol–water partition coefficient (Wildman–Crippen LogP) is 5.93. The molecule has 0 aromatic heterocycles. The van der Waals surface area contributed by atoms with Crippen molar-refractivity contribution in [1.82, 2.24) is 0 Å². The van der Waals surface area contributed by atoms with E-state index < -0.39 is 0 Å². The summed E-state index contributed by atoms with van der Waals surface area (Å²) in [6.07, 6.45) is 5.95. The second kappa shape index (κ2) is 11.8. The lowest BCUT2D eigenvalue weighted by molar-refractivity contribution is 0.142. The molecule has 2 nitrogen and oxygen atoms in total. The van der Waals surface area contributed by atoms with Crippen molar-refractivity contribution in [3.05, 3.63) is 94.5 Å². The molecule has 0 heterocycles. The fraction of sp³-hybridized carbons (Fsp3) is 0.379. The van der Waals surface area contributed by atoms with Crippen LogP contribution in [0.5, 0.6) is 0 Å². The van der Waals surface area contributed by atoms with E-state index in [1.54, 1.807) is 0 Å². The van der Waals surface area contributed by atoms with Gasteiger partial charge in [-0.1, -0.05) is 79.2 Å². The van der Waals surface area contributed by atoms with Crippen LogP contribution in [0, 0.1) is 12.8 Å². The molecule has 0 bridgehead atoms. The van der Waals surface area contributed by atoms with Gasteiger partial charge in [0.15, 0.2) is 0 Å². The third-order valence-corrected chi connectivity index (χ3v) is 6.21. The van der Waals surface area contributed by atoms with Crippen LogP contribution in [0.25, 0.3) is 11.1 Å². The molecular formula is C29H36O2. The minimum atomic E-state index is 0.00701. The summed E-state index contributed by atoms with van der Waals surface area (Å²) in [5.41, 5.74) is 9.42. The molecule has 0 radical (unpaired) electrons. The van der Waals surface area contributed by atoms with Crippen LogP contribution in [0.3, 0.4) is 0 Å². The topological polar surface area (TPSA) is 40.5 Å². The number of hydrogen-bond donors (Lipinski definition) is 2. The number of rotatable bonds is 11. The average molecular weight is 417 g/mol. The van der Waals surface area contributed by atoms with E-state index in [-0.39, 0.29) is 19.1 Å². The number of aliphatic hydroxyl groups excluding tert-OH is 2. The maximum absolute atomic E-state index is 9.24. The summed E-state index contributed by atoms with van der Waals surface area (Å²) < 4.78 is 0. The van der Waals surface area contributed by atoms with E-state index in [1.165, 1.54) is 38.9 Å². The Morgan fingerprint density at radius 1 is 0.742 bits per heavy atom. The van der Waals surface area contributed by atoms with Gasteiger partial charge in [0.1, 0.15) is 0 Å². The van der Waals surface area contributed by atoms with Crippen molar-refractivity contribution in [3.8, 4) is 11.1 Å². The van der Waals surface area contributed by atoms with Gasteiger partial charge in [0.2, 0.25) is 0 Å². The van der Waals surface area contributed by atoms with Gasteiger partial charge in [0, 0.05) is 19.1 Å². The molecule has 0 amide bonds. The maximum atomic E-state index is 9.24. The van der Waals surface area contributed by atoms with Crippen LogP contribution in [0.1, 0.15) is 47.6 Å². The second-order valence-corrected chi connectivity index (χ2v) is 8.65. The van der Waals surface area contributed by atoms with Crippen molar-refractivity contribution in [3.63, 3.8) is 0 Å². The van der Waals surface area contributed by atoms with E-state index >= 15 is 0 Å². The Morgan fingerprint density at radius 3 is 2.13 bits per heavy atom. The van der Waals surface area contributed by atoms with Crippen molar-refractivity contribution in [2.24, 2.45) is 5.92 Å². The zero-order valence-corrected chi connectivity index (χ0v) is 19.0. The summed E-state index contributed by atoms with van der Waals surface area (Å²) in [4.78, 5) is 0. The minimum Gasteiger partial charge on any atom is -0.396 e. The van der Waals surface area contributed by atoms with Crippen LogP contribution in [-0.2, 0) is 25.7 Å². The van der Waals surface area contributed by atoms with Crippen molar-refractivity contribution in [1.29, 1.82) is 0 Å². The Bertz CT molecular complexity index is 939. The molecule has 2 heteroatoms. The average Bonchev–Trinajstić information content (AvgIpc) is 2.81. The van der Waals surface area contributed by atoms with Gasteiger partial charge in [-0.25, -0.2) is 0 Å². The maximum Gasteiger partial charge on any atom is 0.0481 e. The molecule has 164 valence electrons. The van der Waals surface area contributed by atoms with Gasteiger partial charge in [-0.15, -0.1) is 0 Å². The number of aliphatic hydroxyl groups is 2. The number of benzene rings is 3. The van der Waals surface area contributed by atoms with Gasteiger partial charge >= 0.3 is 0 Å². The summed E-state index contributed by atoms with van der Waals surface area (Å²) in [5.74, 6) is 0.00701. The third kappa shape index (κ3) is 6.78. The zero-order chi connectivity index (χ0) is 22.1. The minimum absolute atomic E-state index is 0.00701. The molecule has 0 atom stereocenters. The van der Waals surface area contributed by atoms with Crippen molar-refractivity contribution >= 4 is 0 Å². The summed E-state index contributed by atoms with van der Waals surface area (Å²) in [6, 6.07) is 24.7. The molecule has 0 saturated heterocycles. The highest BCUT2D eigenvalue weighted by Gasteiger charge is 2.09. The van der Waals surface area contributed by atoms with Gasteiger partial charge in [-0.05, 0) is 78.8 Å². The smallest absolute Gasteiger partial charge is 0.0481 e. The molecule has 0 unspecified atom stereocenters. The van der Waals surface area contributed by atoms with Crippen molar-refractivity contribution in [2.75, 3.05) is 13.2 Å². The third-order valence-electron chi connectivity index (χ3n) is 6.21. The Hall–Kier alpha value is -2.42. The van der Waals surface area contributed by atoms with Crippen LogP contribution in [0.15, 0.2) is 66.7 Å². The van der Waals surface area contributed by atoms with Gasteiger partial charge in [-0.2, -0.15) is 0 Å². The molecule has 0 aliphatic heterocycles. The largest absolute Gasteiger partial charge is 0.396 e. The molecule has 0 aliphatic carbocycles. The monoisotopic (exact) mass is 416 g/mol. The molecule has 3 rings (SSSR count). The molecule has 3 aromatic rings. The van der Waals surface area contributed by atoms with Crippen LogP contribution >= 0.6 is 0 Å². The van der Waals surface area contributed by atoms with Crippen LogP contribution < -0.4 is 0 Å². The standard InChI is InChI=1S/C29H36O2/c1-3-27-18-25(6-4-8-26(20-30)21-31)16-17-29(27)28-9-5-7-24(19-28)15-14-23-12-10-22(2)11-13-23/h5,7,9-13,16-19,26,30-31H,3-4,6,8,14-15,20-21H2,1-2H3. The summed E-state index contributed by atoms with van der Waals surface area (Å²) >= 11 is 0. The number of aryl methyl sites for hydroxylation is 5. The molecule has 2 N–H and O–H groups in total. The van der Waals surface area contributed by atoms with E-state index in [9.17, 15) is 10.2 Å². The lowest BCUT2D eigenvalue weighted by Gasteiger charge is -2.14. The van der Waals surface area contributed by atoms with Crippen LogP contribution in [0.4, 0.5) is 0 Å². The first-order valence-corrected chi connectivity index (χ1v) is 11.6. The Kier molecular flexibility index (Phi) is 8.87. The molecular weight excluding hydrogens is 380 g/mol. The quantitative estimate of drug-likeness (QED) is 0.406. The first kappa shape index (κ1) is 23.2. The SMILES string of the molecule is CCc1cc(CCCC(CO)CO)ccc1-c1cccc(CCc2ccc(C)cc2)c1. The zero-order valence-electron chi connectivity index (χ0n) is 19.0. The molecule has 3 aromatic carbocycles. The lowest BCUT2D eigenvalue weighted by atomic mass is 9.92. The highest BCUT2D eigenvalue weighted by molar-refractivity contribution is 5.68. The fourth-order valence-electron chi connectivity index (χ4n) is 4.15. The van der Waals surface area contributed by atoms with Crippen molar-refractivity contribution in [2.45, 2.75) is 52.4 Å². The predicted molar refractivity (Wildman–Crippen MR) is 130 cm³/mol. The van der Waals surface area contributed by atoms with Crippen LogP contribution in [0.2, 0.25) is 0 Å². The summed E-state index contributed by atoms with van der Waals surface area (Å²) in [6.45, 7) is 4.48.